The lowest BCUT2D eigenvalue weighted by molar-refractivity contribution is -0.140. The van der Waals surface area contributed by atoms with Gasteiger partial charge in [0.1, 0.15) is 5.56 Å². The quantitative estimate of drug-likeness (QED) is 0.333. The molecule has 3 aromatic heterocycles. The highest BCUT2D eigenvalue weighted by atomic mass is 32.1. The summed E-state index contributed by atoms with van der Waals surface area (Å²) < 4.78 is 82.4. The predicted octanol–water partition coefficient (Wildman–Crippen LogP) is 3.62. The van der Waals surface area contributed by atoms with E-state index in [0.717, 1.165) is 22.9 Å². The van der Waals surface area contributed by atoms with Gasteiger partial charge in [-0.3, -0.25) is 9.89 Å². The molecule has 0 unspecified atom stereocenters. The monoisotopic (exact) mass is 497 g/mol. The van der Waals surface area contributed by atoms with E-state index in [1.807, 2.05) is 0 Å². The summed E-state index contributed by atoms with van der Waals surface area (Å²) in [5.74, 6) is 0. The van der Waals surface area contributed by atoms with Gasteiger partial charge in [-0.05, 0) is 13.0 Å². The van der Waals surface area contributed by atoms with Gasteiger partial charge in [0.2, 0.25) is 0 Å². The Labute approximate surface area is 185 Å². The normalized spacial score (nSPS) is 13.2. The summed E-state index contributed by atoms with van der Waals surface area (Å²) in [6.45, 7) is 1.72. The summed E-state index contributed by atoms with van der Waals surface area (Å²) in [6, 6.07) is 1.02. The zero-order valence-electron chi connectivity index (χ0n) is 16.8. The zero-order valence-corrected chi connectivity index (χ0v) is 17.6. The van der Waals surface area contributed by atoms with Crippen LogP contribution in [0.3, 0.4) is 0 Å². The minimum absolute atomic E-state index is 0.0100. The van der Waals surface area contributed by atoms with Crippen molar-refractivity contribution in [3.8, 4) is 0 Å². The number of ether oxygens (including phenoxy) is 1. The number of nitrogens with one attached hydrogen (secondary N) is 4. The van der Waals surface area contributed by atoms with Crippen LogP contribution in [0, 0.1) is 0 Å². The van der Waals surface area contributed by atoms with Gasteiger partial charge in [0.05, 0.1) is 43.0 Å². The van der Waals surface area contributed by atoms with Crippen molar-refractivity contribution in [3.05, 3.63) is 50.6 Å². The van der Waals surface area contributed by atoms with Crippen LogP contribution in [0.15, 0.2) is 22.4 Å². The van der Waals surface area contributed by atoms with Crippen LogP contribution in [0.1, 0.15) is 29.6 Å². The number of hydrogen-bond acceptors (Lipinski definition) is 8. The molecule has 3 aromatic rings. The average Bonchev–Trinajstić information content (AvgIpc) is 3.34. The lowest BCUT2D eigenvalue weighted by Crippen LogP contribution is -2.29. The maximum atomic E-state index is 13.1. The summed E-state index contributed by atoms with van der Waals surface area (Å²) in [5.41, 5.74) is -3.14. The number of aromatic nitrogens is 5. The number of thiazole rings is 1. The molecule has 0 saturated carbocycles. The Morgan fingerprint density at radius 3 is 2.61 bits per heavy atom. The van der Waals surface area contributed by atoms with Gasteiger partial charge < -0.3 is 15.4 Å². The van der Waals surface area contributed by atoms with Crippen LogP contribution in [0.5, 0.6) is 0 Å². The molecule has 1 atom stereocenters. The maximum Gasteiger partial charge on any atom is 0.434 e. The van der Waals surface area contributed by atoms with Crippen LogP contribution in [-0.4, -0.2) is 38.0 Å². The highest BCUT2D eigenvalue weighted by Gasteiger charge is 2.37. The van der Waals surface area contributed by atoms with Crippen LogP contribution in [-0.2, 0) is 30.2 Å². The van der Waals surface area contributed by atoms with E-state index in [-0.39, 0.29) is 24.9 Å². The Bertz CT molecular complexity index is 1120. The minimum atomic E-state index is -4.86. The lowest BCUT2D eigenvalue weighted by Gasteiger charge is -2.18. The smallest absolute Gasteiger partial charge is 0.378 e. The molecule has 0 saturated heterocycles. The van der Waals surface area contributed by atoms with Crippen LogP contribution >= 0.6 is 11.3 Å². The number of alkyl halides is 6. The van der Waals surface area contributed by atoms with Crippen molar-refractivity contribution >= 4 is 22.2 Å². The molecule has 0 amide bonds. The first-order chi connectivity index (χ1) is 15.4. The van der Waals surface area contributed by atoms with Crippen molar-refractivity contribution in [3.63, 3.8) is 0 Å². The Morgan fingerprint density at radius 2 is 1.94 bits per heavy atom. The number of H-pyrrole nitrogens is 2. The van der Waals surface area contributed by atoms with Crippen LogP contribution in [0.2, 0.25) is 0 Å². The molecule has 4 N–H and O–H groups in total. The lowest BCUT2D eigenvalue weighted by atomic mass is 10.2. The zero-order chi connectivity index (χ0) is 24.2. The van der Waals surface area contributed by atoms with E-state index in [1.165, 1.54) is 0 Å². The predicted molar refractivity (Wildman–Crippen MR) is 106 cm³/mol. The van der Waals surface area contributed by atoms with Gasteiger partial charge >= 0.3 is 12.4 Å². The molecule has 3 rings (SSSR count). The Hall–Kier alpha value is -3.14. The summed E-state index contributed by atoms with van der Waals surface area (Å²) in [5, 5.41) is 18.1. The van der Waals surface area contributed by atoms with Gasteiger partial charge in [-0.1, -0.05) is 0 Å². The fraction of sp³-hybridized carbons (Fsp3) is 0.412. The first-order valence-corrected chi connectivity index (χ1v) is 10.1. The molecule has 180 valence electrons. The first-order valence-electron chi connectivity index (χ1n) is 9.22. The van der Waals surface area contributed by atoms with E-state index in [0.29, 0.717) is 11.4 Å². The second-order valence-corrected chi connectivity index (χ2v) is 7.68. The van der Waals surface area contributed by atoms with Crippen LogP contribution in [0.25, 0.3) is 0 Å². The van der Waals surface area contributed by atoms with Gasteiger partial charge in [-0.15, -0.1) is 11.3 Å². The van der Waals surface area contributed by atoms with Gasteiger partial charge in [0.15, 0.2) is 10.8 Å². The number of rotatable bonds is 9. The second-order valence-electron chi connectivity index (χ2n) is 6.82. The minimum Gasteiger partial charge on any atom is -0.378 e. The molecule has 0 fully saturated rings. The molecule has 0 aliphatic heterocycles. The second kappa shape index (κ2) is 9.78. The van der Waals surface area contributed by atoms with E-state index in [4.69, 9.17) is 4.74 Å². The third-order valence-corrected chi connectivity index (χ3v) is 4.87. The number of nitrogens with zero attached hydrogens (tertiary/aromatic N) is 3. The molecule has 9 nitrogen and oxygen atoms in total. The molecule has 16 heteroatoms. The van der Waals surface area contributed by atoms with E-state index in [9.17, 15) is 31.1 Å². The Kier molecular flexibility index (Phi) is 7.26. The van der Waals surface area contributed by atoms with Gasteiger partial charge in [0.25, 0.3) is 5.56 Å². The molecule has 0 spiro atoms. The molecule has 0 radical (unpaired) electrons. The van der Waals surface area contributed by atoms with Crippen molar-refractivity contribution in [1.82, 2.24) is 25.4 Å². The van der Waals surface area contributed by atoms with Crippen molar-refractivity contribution in [2.45, 2.75) is 38.5 Å². The summed E-state index contributed by atoms with van der Waals surface area (Å²) >= 11 is 0.819. The average molecular weight is 497 g/mol. The number of hydrogen-bond donors (Lipinski definition) is 4. The van der Waals surface area contributed by atoms with Crippen molar-refractivity contribution in [2.24, 2.45) is 0 Å². The molecule has 0 aliphatic rings. The van der Waals surface area contributed by atoms with Crippen molar-refractivity contribution < 1.29 is 31.1 Å². The number of anilines is 2. The van der Waals surface area contributed by atoms with E-state index >= 15 is 0 Å². The number of aromatic amines is 2. The fourth-order valence-electron chi connectivity index (χ4n) is 2.67. The third kappa shape index (κ3) is 6.67. The van der Waals surface area contributed by atoms with Crippen LogP contribution in [0.4, 0.5) is 37.2 Å². The summed E-state index contributed by atoms with van der Waals surface area (Å²) in [7, 11) is 0. The standard InChI is InChI=1S/C17H17F6N7O2S/c1-8(26-11-4-25-30-14(31)13(11)17(21,22)23)5-32-6-10-2-9(28-29-10)3-24-15-27-12(7-33-15)16(18,19)20/h2,4,7-8H,3,5-6H2,1H3,(H,24,27)(H,28,29)(H2,26,30,31)/t8-/m0/s1. The molecule has 33 heavy (non-hydrogen) atoms. The molecular weight excluding hydrogens is 480 g/mol. The van der Waals surface area contributed by atoms with Gasteiger partial charge in [-0.2, -0.15) is 36.5 Å². The SMILES string of the molecule is C[C@@H](COCc1cc(CNc2nc(C(F)(F)F)cs2)[nH]n1)Nc1cn[nH]c(=O)c1C(F)(F)F. The van der Waals surface area contributed by atoms with Crippen molar-refractivity contribution in [1.29, 1.82) is 0 Å². The topological polar surface area (TPSA) is 121 Å². The van der Waals surface area contributed by atoms with Crippen LogP contribution < -0.4 is 16.2 Å². The molecule has 0 bridgehead atoms. The molecule has 0 aliphatic carbocycles. The number of halogens is 6. The third-order valence-electron chi connectivity index (χ3n) is 4.07. The maximum absolute atomic E-state index is 13.1. The molecule has 3 heterocycles. The first kappa shape index (κ1) is 24.5. The molecule has 0 aromatic carbocycles. The van der Waals surface area contributed by atoms with Gasteiger partial charge in [-0.25, -0.2) is 10.1 Å². The summed E-state index contributed by atoms with van der Waals surface area (Å²) in [6.07, 6.45) is -8.50. The Balaban J connectivity index is 1.47. The van der Waals surface area contributed by atoms with Gasteiger partial charge in [0, 0.05) is 11.4 Å². The largest absolute Gasteiger partial charge is 0.434 e. The van der Waals surface area contributed by atoms with E-state index in [2.05, 4.69) is 30.9 Å². The highest BCUT2D eigenvalue weighted by molar-refractivity contribution is 7.13. The highest BCUT2D eigenvalue weighted by Crippen LogP contribution is 2.32. The van der Waals surface area contributed by atoms with E-state index in [1.54, 1.807) is 18.1 Å². The van der Waals surface area contributed by atoms with E-state index < -0.39 is 40.9 Å². The summed E-state index contributed by atoms with van der Waals surface area (Å²) in [4.78, 5) is 14.9. The molecular formula is C17H17F6N7O2S. The Morgan fingerprint density at radius 1 is 1.18 bits per heavy atom. The fourth-order valence-corrected chi connectivity index (χ4v) is 3.38. The van der Waals surface area contributed by atoms with Crippen molar-refractivity contribution in [2.75, 3.05) is 17.2 Å².